The van der Waals surface area contributed by atoms with Crippen molar-refractivity contribution in [2.24, 2.45) is 5.92 Å². The maximum absolute atomic E-state index is 13.9. The molecular weight excluding hydrogens is 543 g/mol. The summed E-state index contributed by atoms with van der Waals surface area (Å²) < 4.78 is 47.9. The summed E-state index contributed by atoms with van der Waals surface area (Å²) in [5, 5.41) is 9.49. The van der Waals surface area contributed by atoms with E-state index in [-0.39, 0.29) is 24.3 Å². The Morgan fingerprint density at radius 1 is 1.12 bits per heavy atom. The van der Waals surface area contributed by atoms with Gasteiger partial charge in [0.05, 0.1) is 42.9 Å². The molecule has 0 spiro atoms. The zero-order valence-corrected chi connectivity index (χ0v) is 24.6. The average Bonchev–Trinajstić information content (AvgIpc) is 3.45. The highest BCUT2D eigenvalue weighted by atomic mass is 19.4. The number of hydrogen-bond donors (Lipinski definition) is 0. The van der Waals surface area contributed by atoms with Crippen molar-refractivity contribution in [2.45, 2.75) is 63.8 Å². The maximum atomic E-state index is 13.9. The average molecular weight is 584 g/mol. The Balaban J connectivity index is 1.47. The van der Waals surface area contributed by atoms with E-state index in [0.29, 0.717) is 56.7 Å². The number of allylic oxidation sites excluding steroid dienone is 1. The van der Waals surface area contributed by atoms with Gasteiger partial charge in [-0.15, -0.1) is 0 Å². The van der Waals surface area contributed by atoms with Crippen LogP contribution in [-0.4, -0.2) is 78.7 Å². The zero-order valence-electron chi connectivity index (χ0n) is 24.6. The second kappa shape index (κ2) is 12.8. The molecular formula is C31H40F3N7O. The van der Waals surface area contributed by atoms with E-state index in [1.807, 2.05) is 19.2 Å². The second-order valence-electron chi connectivity index (χ2n) is 11.7. The molecule has 226 valence electrons. The first kappa shape index (κ1) is 30.0. The van der Waals surface area contributed by atoms with E-state index < -0.39 is 11.7 Å². The predicted molar refractivity (Wildman–Crippen MR) is 156 cm³/mol. The van der Waals surface area contributed by atoms with Crippen molar-refractivity contribution in [3.05, 3.63) is 53.4 Å². The molecule has 0 amide bonds. The molecule has 2 aromatic rings. The number of rotatable bonds is 8. The molecule has 5 rings (SSSR count). The topological polar surface area (TPSA) is 71.8 Å². The number of aromatic nitrogens is 2. The molecule has 0 radical (unpaired) electrons. The molecule has 3 heterocycles. The van der Waals surface area contributed by atoms with E-state index in [2.05, 4.69) is 34.9 Å². The van der Waals surface area contributed by atoms with Crippen molar-refractivity contribution in [2.75, 3.05) is 56.7 Å². The second-order valence-corrected chi connectivity index (χ2v) is 11.7. The van der Waals surface area contributed by atoms with Crippen LogP contribution in [0.1, 0.15) is 49.4 Å². The molecule has 3 atom stereocenters. The van der Waals surface area contributed by atoms with Gasteiger partial charge < -0.3 is 24.3 Å². The van der Waals surface area contributed by atoms with Gasteiger partial charge in [-0.1, -0.05) is 24.6 Å². The van der Waals surface area contributed by atoms with Crippen molar-refractivity contribution >= 4 is 11.5 Å². The molecule has 1 aliphatic carbocycles. The van der Waals surface area contributed by atoms with Gasteiger partial charge in [0.25, 0.3) is 0 Å². The van der Waals surface area contributed by atoms with Crippen LogP contribution in [0.15, 0.2) is 36.5 Å². The van der Waals surface area contributed by atoms with E-state index in [1.165, 1.54) is 12.1 Å². The number of halogens is 3. The van der Waals surface area contributed by atoms with Gasteiger partial charge in [-0.05, 0) is 58.6 Å². The van der Waals surface area contributed by atoms with Crippen molar-refractivity contribution < 1.29 is 17.9 Å². The van der Waals surface area contributed by atoms with Crippen molar-refractivity contribution in [1.29, 1.82) is 5.26 Å². The molecule has 3 aliphatic rings. The van der Waals surface area contributed by atoms with Gasteiger partial charge in [0.1, 0.15) is 5.82 Å². The van der Waals surface area contributed by atoms with Gasteiger partial charge in [0, 0.05) is 49.4 Å². The number of nitriles is 1. The van der Waals surface area contributed by atoms with E-state index in [1.54, 1.807) is 11.0 Å². The number of piperazine rings is 1. The van der Waals surface area contributed by atoms with Gasteiger partial charge in [-0.3, -0.25) is 0 Å². The van der Waals surface area contributed by atoms with Crippen molar-refractivity contribution in [1.82, 2.24) is 19.8 Å². The largest absolute Gasteiger partial charge is 0.463 e. The number of fused-ring (bicyclic) bond motifs is 1. The predicted octanol–water partition coefficient (Wildman–Crippen LogP) is 5.11. The van der Waals surface area contributed by atoms with Crippen molar-refractivity contribution in [3.8, 4) is 12.1 Å². The lowest BCUT2D eigenvalue weighted by Gasteiger charge is -2.42. The van der Waals surface area contributed by atoms with Crippen LogP contribution in [0.2, 0.25) is 0 Å². The molecule has 0 bridgehead atoms. The molecule has 1 saturated carbocycles. The number of hydrogen-bond acceptors (Lipinski definition) is 8. The third-order valence-corrected chi connectivity index (χ3v) is 8.78. The molecule has 2 aliphatic heterocycles. The number of ether oxygens (including phenoxy) is 1. The molecule has 1 aromatic heterocycles. The van der Waals surface area contributed by atoms with Crippen LogP contribution in [-0.2, 0) is 19.1 Å². The smallest absolute Gasteiger partial charge is 0.418 e. The van der Waals surface area contributed by atoms with E-state index in [0.717, 1.165) is 43.3 Å². The fourth-order valence-corrected chi connectivity index (χ4v) is 6.72. The highest BCUT2D eigenvalue weighted by molar-refractivity contribution is 5.59. The minimum absolute atomic E-state index is 0.00743. The first-order valence-electron chi connectivity index (χ1n) is 14.8. The van der Waals surface area contributed by atoms with Crippen molar-refractivity contribution in [3.63, 3.8) is 0 Å². The summed E-state index contributed by atoms with van der Waals surface area (Å²) in [6, 6.07) is 8.75. The third kappa shape index (κ3) is 6.43. The molecule has 0 N–H and O–H groups in total. The van der Waals surface area contributed by atoms with Crippen LogP contribution >= 0.6 is 0 Å². The summed E-state index contributed by atoms with van der Waals surface area (Å²) in [7, 11) is 4.18. The minimum Gasteiger partial charge on any atom is -0.463 e. The van der Waals surface area contributed by atoms with Crippen LogP contribution in [0.3, 0.4) is 0 Å². The molecule has 2 fully saturated rings. The number of anilines is 2. The van der Waals surface area contributed by atoms with E-state index in [4.69, 9.17) is 14.7 Å². The van der Waals surface area contributed by atoms with Crippen LogP contribution in [0, 0.1) is 17.2 Å². The highest BCUT2D eigenvalue weighted by Crippen LogP contribution is 2.39. The van der Waals surface area contributed by atoms with Crippen LogP contribution < -0.4 is 14.5 Å². The summed E-state index contributed by atoms with van der Waals surface area (Å²) in [4.78, 5) is 18.1. The molecule has 11 heteroatoms. The summed E-state index contributed by atoms with van der Waals surface area (Å²) in [5.41, 5.74) is 1.16. The van der Waals surface area contributed by atoms with E-state index in [9.17, 15) is 18.4 Å². The van der Waals surface area contributed by atoms with E-state index >= 15 is 0 Å². The Labute approximate surface area is 246 Å². The fourth-order valence-electron chi connectivity index (χ4n) is 6.72. The normalized spacial score (nSPS) is 23.0. The Morgan fingerprint density at radius 2 is 1.93 bits per heavy atom. The Morgan fingerprint density at radius 3 is 2.67 bits per heavy atom. The molecule has 1 aromatic carbocycles. The zero-order chi connectivity index (χ0) is 29.9. The first-order chi connectivity index (χ1) is 20.2. The number of benzene rings is 1. The molecule has 3 unspecified atom stereocenters. The fraction of sp³-hybridized carbons (Fsp3) is 0.581. The summed E-state index contributed by atoms with van der Waals surface area (Å²) >= 11 is 0. The summed E-state index contributed by atoms with van der Waals surface area (Å²) in [6.07, 6.45) is 3.81. The Kier molecular flexibility index (Phi) is 9.11. The van der Waals surface area contributed by atoms with Gasteiger partial charge in [-0.25, -0.2) is 0 Å². The maximum Gasteiger partial charge on any atom is 0.418 e. The monoisotopic (exact) mass is 583 g/mol. The Bertz CT molecular complexity index is 1310. The highest BCUT2D eigenvalue weighted by Gasteiger charge is 2.37. The summed E-state index contributed by atoms with van der Waals surface area (Å²) in [5.74, 6) is 1.14. The Hall–Kier alpha value is -3.52. The SMILES string of the molecule is CC=CN1CCN(c2nc(OCC3CCCC3N(C)C)nc3c2CCN(c2ccccc2C(F)(F)F)C3)CC1CC#N. The number of nitrogens with zero attached hydrogens (tertiary/aromatic N) is 7. The molecule has 8 nitrogen and oxygen atoms in total. The number of alkyl halides is 3. The van der Waals surface area contributed by atoms with Gasteiger partial charge >= 0.3 is 12.2 Å². The van der Waals surface area contributed by atoms with Crippen LogP contribution in [0.5, 0.6) is 6.01 Å². The molecule has 1 saturated heterocycles. The minimum atomic E-state index is -4.45. The van der Waals surface area contributed by atoms with Crippen LogP contribution in [0.4, 0.5) is 24.7 Å². The lowest BCUT2D eigenvalue weighted by Crippen LogP contribution is -2.51. The first-order valence-corrected chi connectivity index (χ1v) is 14.8. The van der Waals surface area contributed by atoms with Gasteiger partial charge in [0.2, 0.25) is 0 Å². The van der Waals surface area contributed by atoms with Gasteiger partial charge in [0.15, 0.2) is 0 Å². The summed E-state index contributed by atoms with van der Waals surface area (Å²) in [6.45, 7) is 5.18. The standard InChI is InChI=1S/C31H40F3N7O/c1-4-15-39-17-18-41(19-23(39)12-14-35)29-24-13-16-40(28-10-6-5-9-25(28)31(32,33)34)20-26(24)36-30(37-29)42-21-22-8-7-11-27(22)38(2)3/h4-6,9-10,15,22-23,27H,7-8,11-13,16-21H2,1-3H3. The lowest BCUT2D eigenvalue weighted by atomic mass is 10.0. The van der Waals surface area contributed by atoms with Gasteiger partial charge in [-0.2, -0.15) is 28.4 Å². The quantitative estimate of drug-likeness (QED) is 0.425. The lowest BCUT2D eigenvalue weighted by molar-refractivity contribution is -0.137. The third-order valence-electron chi connectivity index (χ3n) is 8.78. The van der Waals surface area contributed by atoms with Crippen LogP contribution in [0.25, 0.3) is 0 Å². The molecule has 42 heavy (non-hydrogen) atoms. The number of para-hydroxylation sites is 1.